The van der Waals surface area contributed by atoms with E-state index in [1.165, 1.54) is 30.9 Å². The number of thiophene rings is 1. The van der Waals surface area contributed by atoms with Crippen LogP contribution < -0.4 is 4.90 Å². The molecule has 2 aromatic heterocycles. The average molecular weight is 849 g/mol. The van der Waals surface area contributed by atoms with E-state index in [1.54, 1.807) is 4.90 Å². The molecule has 302 valence electrons. The van der Waals surface area contributed by atoms with E-state index in [0.717, 1.165) is 87.3 Å². The molecule has 14 rings (SSSR count). The summed E-state index contributed by atoms with van der Waals surface area (Å²) in [6.07, 6.45) is 0. The van der Waals surface area contributed by atoms with Gasteiger partial charge in [-0.25, -0.2) is 0 Å². The second-order valence-electron chi connectivity index (χ2n) is 16.9. The van der Waals surface area contributed by atoms with Crippen LogP contribution in [0.3, 0.4) is 0 Å². The fourth-order valence-electron chi connectivity index (χ4n) is 10.1. The molecule has 14 aromatic rings. The highest BCUT2D eigenvalue weighted by molar-refractivity contribution is 7.26. The minimum absolute atomic E-state index is 0.0849. The first kappa shape index (κ1) is 31.6. The van der Waals surface area contributed by atoms with Gasteiger partial charge in [-0.05, 0) is 144 Å². The Kier molecular flexibility index (Phi) is 6.87. The molecule has 0 unspecified atom stereocenters. The summed E-state index contributed by atoms with van der Waals surface area (Å²) in [5.74, 6) is 0. The highest BCUT2D eigenvalue weighted by Gasteiger charge is 2.19. The minimum atomic E-state index is -0.430. The molecular formula is C62H37NOS. The van der Waals surface area contributed by atoms with Gasteiger partial charge in [-0.3, -0.25) is 0 Å². The first-order valence-corrected chi connectivity index (χ1v) is 22.6. The van der Waals surface area contributed by atoms with Crippen molar-refractivity contribution < 1.29 is 11.3 Å². The number of nitrogens with zero attached hydrogens (tertiary/aromatic N) is 1. The van der Waals surface area contributed by atoms with Crippen LogP contribution in [0.15, 0.2) is 229 Å². The van der Waals surface area contributed by atoms with Gasteiger partial charge in [0.15, 0.2) is 0 Å². The van der Waals surface area contributed by atoms with Crippen molar-refractivity contribution in [2.75, 3.05) is 4.90 Å². The zero-order chi connectivity index (χ0) is 46.9. The molecule has 12 aromatic carbocycles. The van der Waals surface area contributed by atoms with Crippen molar-refractivity contribution in [3.05, 3.63) is 224 Å². The van der Waals surface area contributed by atoms with Crippen molar-refractivity contribution in [3.63, 3.8) is 0 Å². The van der Waals surface area contributed by atoms with Crippen LogP contribution in [0.2, 0.25) is 0 Å². The Balaban J connectivity index is 0.882. The zero-order valence-corrected chi connectivity index (χ0v) is 35.6. The Labute approximate surface area is 385 Å². The number of anilines is 3. The number of fused-ring (bicyclic) bond motifs is 14. The molecule has 3 heteroatoms. The summed E-state index contributed by atoms with van der Waals surface area (Å²) < 4.78 is 53.4. The summed E-state index contributed by atoms with van der Waals surface area (Å²) >= 11 is 1.82. The molecular weight excluding hydrogens is 807 g/mol. The average Bonchev–Trinajstić information content (AvgIpc) is 3.99. The SMILES string of the molecule is [2H]c1c([2H])c([2H])c(N(c2ccc3cc(-c4ccc5sc6ccc7ccccc7c6c5c4)ccc3c2)c2ccc3cc(-c4cc5c6ccc7ccccc7c6oc5c5ccccc45)ccc3c2)c([2H])c1[2H]. The summed E-state index contributed by atoms with van der Waals surface area (Å²) in [5.41, 5.74) is 7.56. The maximum atomic E-state index is 9.16. The van der Waals surface area contributed by atoms with Crippen LogP contribution in [-0.2, 0) is 0 Å². The molecule has 0 amide bonds. The third kappa shape index (κ3) is 5.73. The largest absolute Gasteiger partial charge is 0.455 e. The molecule has 0 saturated carbocycles. The van der Waals surface area contributed by atoms with E-state index in [4.69, 9.17) is 11.3 Å². The normalized spacial score (nSPS) is 13.1. The molecule has 0 N–H and O–H groups in total. The van der Waals surface area contributed by atoms with Gasteiger partial charge >= 0.3 is 0 Å². The maximum absolute atomic E-state index is 9.16. The van der Waals surface area contributed by atoms with Gasteiger partial charge in [0, 0.05) is 58.8 Å². The number of benzene rings is 12. The van der Waals surface area contributed by atoms with Crippen molar-refractivity contribution in [1.29, 1.82) is 0 Å². The lowest BCUT2D eigenvalue weighted by molar-refractivity contribution is 0.676. The van der Waals surface area contributed by atoms with Crippen molar-refractivity contribution in [3.8, 4) is 22.3 Å². The lowest BCUT2D eigenvalue weighted by atomic mass is 9.93. The predicted molar refractivity (Wildman–Crippen MR) is 280 cm³/mol. The van der Waals surface area contributed by atoms with E-state index >= 15 is 0 Å². The fourth-order valence-corrected chi connectivity index (χ4v) is 11.2. The zero-order valence-electron chi connectivity index (χ0n) is 39.7. The Morgan fingerprint density at radius 3 is 1.68 bits per heavy atom. The van der Waals surface area contributed by atoms with Gasteiger partial charge < -0.3 is 9.32 Å². The van der Waals surface area contributed by atoms with Gasteiger partial charge in [-0.2, -0.15) is 0 Å². The second kappa shape index (κ2) is 14.1. The molecule has 0 bridgehead atoms. The molecule has 0 aliphatic carbocycles. The number of para-hydroxylation sites is 1. The lowest BCUT2D eigenvalue weighted by Gasteiger charge is -2.26. The number of furan rings is 1. The highest BCUT2D eigenvalue weighted by atomic mass is 32.1. The standard InChI is InChI=1S/C62H37NOS/c1-2-12-47(13-3-1)63(48-27-22-41-32-40(18-19-43(41)34-48)45-26-30-58-57(36-45)60-50-14-6-4-10-38(50)25-31-59(60)65-58)49-28-23-42-33-46(21-20-44(42)35-49)55-37-56-54-29-24-39-11-5-7-15-51(39)61(54)64-62(56)53-17-9-8-16-52(53)55/h1-37H/i1D,2D,3D,12D,13D. The number of hydrogen-bond acceptors (Lipinski definition) is 3. The van der Waals surface area contributed by atoms with Gasteiger partial charge in [0.05, 0.1) is 6.85 Å². The minimum Gasteiger partial charge on any atom is -0.455 e. The molecule has 0 fully saturated rings. The highest BCUT2D eigenvalue weighted by Crippen LogP contribution is 2.44. The quantitative estimate of drug-likeness (QED) is 0.172. The van der Waals surface area contributed by atoms with Crippen LogP contribution in [0.5, 0.6) is 0 Å². The molecule has 0 aliphatic rings. The van der Waals surface area contributed by atoms with Gasteiger partial charge in [0.1, 0.15) is 11.2 Å². The Bertz CT molecular complexity index is 4540. The smallest absolute Gasteiger partial charge is 0.143 e. The summed E-state index contributed by atoms with van der Waals surface area (Å²) in [7, 11) is 0. The predicted octanol–water partition coefficient (Wildman–Crippen LogP) is 18.5. The number of rotatable bonds is 5. The molecule has 0 aliphatic heterocycles. The molecule has 0 atom stereocenters. The Morgan fingerprint density at radius 1 is 0.354 bits per heavy atom. The van der Waals surface area contributed by atoms with E-state index in [9.17, 15) is 0 Å². The van der Waals surface area contributed by atoms with E-state index in [-0.39, 0.29) is 29.9 Å². The topological polar surface area (TPSA) is 16.4 Å². The van der Waals surface area contributed by atoms with Crippen molar-refractivity contribution in [2.24, 2.45) is 0 Å². The first-order valence-electron chi connectivity index (χ1n) is 24.3. The summed E-state index contributed by atoms with van der Waals surface area (Å²) in [6.45, 7) is 0. The van der Waals surface area contributed by atoms with Crippen LogP contribution in [0, 0.1) is 0 Å². The van der Waals surface area contributed by atoms with Crippen LogP contribution in [0.4, 0.5) is 17.1 Å². The van der Waals surface area contributed by atoms with Crippen molar-refractivity contribution in [2.45, 2.75) is 0 Å². The van der Waals surface area contributed by atoms with Crippen molar-refractivity contribution >= 4 is 124 Å². The third-order valence-corrected chi connectivity index (χ3v) is 14.4. The first-order chi connectivity index (χ1) is 34.3. The Hall–Kier alpha value is -8.24. The summed E-state index contributed by atoms with van der Waals surface area (Å²) in [4.78, 5) is 1.80. The van der Waals surface area contributed by atoms with E-state index in [0.29, 0.717) is 11.4 Å². The second-order valence-corrected chi connectivity index (χ2v) is 18.0. The molecule has 0 spiro atoms. The fraction of sp³-hybridized carbons (Fsp3) is 0. The molecule has 0 radical (unpaired) electrons. The third-order valence-electron chi connectivity index (χ3n) is 13.2. The molecule has 0 saturated heterocycles. The van der Waals surface area contributed by atoms with Gasteiger partial charge in [-0.15, -0.1) is 11.3 Å². The Morgan fingerprint density at radius 2 is 0.892 bits per heavy atom. The molecule has 2 nitrogen and oxygen atoms in total. The maximum Gasteiger partial charge on any atom is 0.143 e. The van der Waals surface area contributed by atoms with Gasteiger partial charge in [0.25, 0.3) is 0 Å². The van der Waals surface area contributed by atoms with Gasteiger partial charge in [0.2, 0.25) is 0 Å². The van der Waals surface area contributed by atoms with Crippen molar-refractivity contribution in [1.82, 2.24) is 0 Å². The van der Waals surface area contributed by atoms with E-state index < -0.39 is 6.04 Å². The van der Waals surface area contributed by atoms with Crippen LogP contribution in [0.1, 0.15) is 6.85 Å². The van der Waals surface area contributed by atoms with Crippen LogP contribution >= 0.6 is 11.3 Å². The van der Waals surface area contributed by atoms with E-state index in [2.05, 4.69) is 164 Å². The summed E-state index contributed by atoms with van der Waals surface area (Å²) in [6, 6.07) is 66.3. The molecule has 2 heterocycles. The van der Waals surface area contributed by atoms with Gasteiger partial charge in [-0.1, -0.05) is 146 Å². The van der Waals surface area contributed by atoms with Crippen LogP contribution in [-0.4, -0.2) is 0 Å². The number of hydrogen-bond donors (Lipinski definition) is 0. The molecule has 65 heavy (non-hydrogen) atoms. The monoisotopic (exact) mass is 848 g/mol. The summed E-state index contributed by atoms with van der Waals surface area (Å²) in [5, 5.41) is 15.5. The van der Waals surface area contributed by atoms with E-state index in [1.807, 2.05) is 41.7 Å². The van der Waals surface area contributed by atoms with Crippen LogP contribution in [0.25, 0.3) is 118 Å². The lowest BCUT2D eigenvalue weighted by Crippen LogP contribution is -2.09.